The van der Waals surface area contributed by atoms with E-state index in [1.54, 1.807) is 41.9 Å². The van der Waals surface area contributed by atoms with Crippen molar-refractivity contribution in [3.8, 4) is 0 Å². The number of carbonyl (C=O) groups is 2. The van der Waals surface area contributed by atoms with Gasteiger partial charge >= 0.3 is 0 Å². The van der Waals surface area contributed by atoms with Crippen LogP contribution < -0.4 is 10.8 Å². The molecule has 3 N–H and O–H groups in total. The van der Waals surface area contributed by atoms with Crippen LogP contribution in [0.3, 0.4) is 0 Å². The van der Waals surface area contributed by atoms with Crippen molar-refractivity contribution in [1.29, 1.82) is 0 Å². The van der Waals surface area contributed by atoms with Gasteiger partial charge < -0.3 is 5.32 Å². The normalized spacial score (nSPS) is 10.1. The monoisotopic (exact) mass is 298 g/mol. The zero-order valence-corrected chi connectivity index (χ0v) is 12.3. The Hall–Kier alpha value is -2.66. The maximum Gasteiger partial charge on any atom is 0.255 e. The summed E-state index contributed by atoms with van der Waals surface area (Å²) in [4.78, 5) is 23.2. The smallest absolute Gasteiger partial charge is 0.255 e. The second kappa shape index (κ2) is 7.38. The average Bonchev–Trinajstić information content (AvgIpc) is 2.56. The Balaban J connectivity index is 2.00. The highest BCUT2D eigenvalue weighted by Crippen LogP contribution is 2.12. The van der Waals surface area contributed by atoms with E-state index >= 15 is 0 Å². The Morgan fingerprint density at radius 3 is 2.09 bits per heavy atom. The number of hydroxylamine groups is 1. The lowest BCUT2D eigenvalue weighted by atomic mass is 10.1. The fourth-order valence-electron chi connectivity index (χ4n) is 2.03. The Morgan fingerprint density at radius 1 is 0.955 bits per heavy atom. The molecule has 0 atom stereocenters. The topological polar surface area (TPSA) is 78.4 Å². The van der Waals surface area contributed by atoms with E-state index < -0.39 is 5.91 Å². The van der Waals surface area contributed by atoms with E-state index in [9.17, 15) is 9.59 Å². The zero-order chi connectivity index (χ0) is 15.9. The summed E-state index contributed by atoms with van der Waals surface area (Å²) in [6, 6.07) is 14.4. The number of aryl methyl sites for hydroxylation is 1. The first-order valence-corrected chi connectivity index (χ1v) is 7.04. The zero-order valence-electron chi connectivity index (χ0n) is 12.3. The highest BCUT2D eigenvalue weighted by atomic mass is 16.5. The number of hydrogen-bond acceptors (Lipinski definition) is 3. The Bertz CT molecular complexity index is 649. The molecule has 2 rings (SSSR count). The van der Waals surface area contributed by atoms with Crippen LogP contribution in [0.25, 0.3) is 0 Å². The van der Waals surface area contributed by atoms with Crippen molar-refractivity contribution in [2.45, 2.75) is 19.8 Å². The molecule has 0 heterocycles. The molecule has 5 heteroatoms. The van der Waals surface area contributed by atoms with Gasteiger partial charge in [0.15, 0.2) is 0 Å². The van der Waals surface area contributed by atoms with E-state index in [1.807, 2.05) is 12.1 Å². The van der Waals surface area contributed by atoms with Crippen LogP contribution in [0.4, 0.5) is 5.69 Å². The van der Waals surface area contributed by atoms with Gasteiger partial charge in [-0.25, -0.2) is 5.48 Å². The molecule has 0 bridgehead atoms. The third kappa shape index (κ3) is 4.17. The predicted octanol–water partition coefficient (Wildman–Crippen LogP) is 2.55. The maximum atomic E-state index is 12.1. The second-order valence-corrected chi connectivity index (χ2v) is 4.91. The van der Waals surface area contributed by atoms with Crippen LogP contribution >= 0.6 is 0 Å². The molecule has 0 aromatic heterocycles. The molecule has 0 radical (unpaired) electrons. The molecule has 0 aliphatic carbocycles. The van der Waals surface area contributed by atoms with Gasteiger partial charge in [0.1, 0.15) is 0 Å². The summed E-state index contributed by atoms with van der Waals surface area (Å²) >= 11 is 0. The van der Waals surface area contributed by atoms with Crippen molar-refractivity contribution in [1.82, 2.24) is 5.48 Å². The van der Waals surface area contributed by atoms with Gasteiger partial charge in [-0.15, -0.1) is 0 Å². The number of rotatable bonds is 5. The van der Waals surface area contributed by atoms with Gasteiger partial charge in [0.2, 0.25) is 5.91 Å². The van der Waals surface area contributed by atoms with Crippen molar-refractivity contribution in [3.63, 3.8) is 0 Å². The first-order valence-electron chi connectivity index (χ1n) is 7.04. The summed E-state index contributed by atoms with van der Waals surface area (Å²) in [5.74, 6) is -0.656. The number of carbonyl (C=O) groups excluding carboxylic acids is 2. The Kier molecular flexibility index (Phi) is 5.27. The summed E-state index contributed by atoms with van der Waals surface area (Å²) in [5, 5.41) is 11.3. The van der Waals surface area contributed by atoms with E-state index in [4.69, 9.17) is 5.21 Å². The molecule has 0 saturated carbocycles. The van der Waals surface area contributed by atoms with Crippen LogP contribution in [0.2, 0.25) is 0 Å². The fraction of sp³-hybridized carbons (Fsp3) is 0.176. The van der Waals surface area contributed by atoms with Crippen molar-refractivity contribution < 1.29 is 14.8 Å². The van der Waals surface area contributed by atoms with E-state index in [0.717, 1.165) is 12.0 Å². The predicted molar refractivity (Wildman–Crippen MR) is 83.8 cm³/mol. The SMILES string of the molecule is CCc1ccc(C(=O)Nc2ccc(CC(=O)NO)cc2)cc1. The largest absolute Gasteiger partial charge is 0.322 e. The highest BCUT2D eigenvalue weighted by Gasteiger charge is 2.06. The highest BCUT2D eigenvalue weighted by molar-refractivity contribution is 6.04. The van der Waals surface area contributed by atoms with Crippen molar-refractivity contribution >= 4 is 17.5 Å². The minimum absolute atomic E-state index is 0.0865. The molecule has 0 aliphatic heterocycles. The number of hydrogen-bond donors (Lipinski definition) is 3. The lowest BCUT2D eigenvalue weighted by molar-refractivity contribution is -0.128. The standard InChI is InChI=1S/C17H18N2O3/c1-2-12-3-7-14(8-4-12)17(21)18-15-9-5-13(6-10-15)11-16(20)19-22/h3-10,22H,2,11H2,1H3,(H,18,21)(H,19,20). The number of amides is 2. The molecule has 0 unspecified atom stereocenters. The number of nitrogens with one attached hydrogen (secondary N) is 2. The molecular weight excluding hydrogens is 280 g/mol. The molecule has 0 aliphatic rings. The van der Waals surface area contributed by atoms with E-state index in [-0.39, 0.29) is 12.3 Å². The molecule has 114 valence electrons. The molecule has 0 saturated heterocycles. The number of anilines is 1. The molecule has 0 fully saturated rings. The quantitative estimate of drug-likeness (QED) is 0.586. The van der Waals surface area contributed by atoms with Gasteiger partial charge in [-0.2, -0.15) is 0 Å². The van der Waals surface area contributed by atoms with Gasteiger partial charge in [-0.1, -0.05) is 31.2 Å². The van der Waals surface area contributed by atoms with Crippen LogP contribution in [-0.2, 0) is 17.6 Å². The van der Waals surface area contributed by atoms with Gasteiger partial charge in [-0.3, -0.25) is 14.8 Å². The summed E-state index contributed by atoms with van der Waals surface area (Å²) in [6.45, 7) is 2.06. The number of benzene rings is 2. The Morgan fingerprint density at radius 2 is 1.55 bits per heavy atom. The van der Waals surface area contributed by atoms with Crippen LogP contribution in [0.5, 0.6) is 0 Å². The molecule has 2 aromatic carbocycles. The average molecular weight is 298 g/mol. The van der Waals surface area contributed by atoms with Gasteiger partial charge in [0.05, 0.1) is 6.42 Å². The van der Waals surface area contributed by atoms with E-state index in [2.05, 4.69) is 12.2 Å². The third-order valence-corrected chi connectivity index (χ3v) is 3.33. The van der Waals surface area contributed by atoms with Crippen LogP contribution in [0, 0.1) is 0 Å². The summed E-state index contributed by atoms with van der Waals surface area (Å²) < 4.78 is 0. The van der Waals surface area contributed by atoms with Crippen LogP contribution in [0.15, 0.2) is 48.5 Å². The van der Waals surface area contributed by atoms with E-state index in [0.29, 0.717) is 11.3 Å². The van der Waals surface area contributed by atoms with Crippen molar-refractivity contribution in [2.24, 2.45) is 0 Å². The molecule has 0 spiro atoms. The van der Waals surface area contributed by atoms with Gasteiger partial charge in [0.25, 0.3) is 5.91 Å². The lowest BCUT2D eigenvalue weighted by Gasteiger charge is -2.07. The molecular formula is C17H18N2O3. The van der Waals surface area contributed by atoms with Crippen LogP contribution in [-0.4, -0.2) is 17.0 Å². The van der Waals surface area contributed by atoms with E-state index in [1.165, 1.54) is 5.56 Å². The first-order chi connectivity index (χ1) is 10.6. The van der Waals surface area contributed by atoms with Crippen LogP contribution in [0.1, 0.15) is 28.4 Å². The molecule has 5 nitrogen and oxygen atoms in total. The minimum atomic E-state index is -0.479. The van der Waals surface area contributed by atoms with Crippen molar-refractivity contribution in [3.05, 3.63) is 65.2 Å². The first kappa shape index (κ1) is 15.7. The van der Waals surface area contributed by atoms with Crippen molar-refractivity contribution in [2.75, 3.05) is 5.32 Å². The molecule has 2 aromatic rings. The second-order valence-electron chi connectivity index (χ2n) is 4.91. The molecule has 22 heavy (non-hydrogen) atoms. The third-order valence-electron chi connectivity index (χ3n) is 3.33. The minimum Gasteiger partial charge on any atom is -0.322 e. The summed E-state index contributed by atoms with van der Waals surface area (Å²) in [6.07, 6.45) is 1.02. The Labute approximate surface area is 128 Å². The fourth-order valence-corrected chi connectivity index (χ4v) is 2.03. The van der Waals surface area contributed by atoms with Gasteiger partial charge in [-0.05, 0) is 41.8 Å². The molecule has 2 amide bonds. The van der Waals surface area contributed by atoms with Gasteiger partial charge in [0, 0.05) is 11.3 Å². The maximum absolute atomic E-state index is 12.1. The summed E-state index contributed by atoms with van der Waals surface area (Å²) in [7, 11) is 0. The lowest BCUT2D eigenvalue weighted by Crippen LogP contribution is -2.20. The summed E-state index contributed by atoms with van der Waals surface area (Å²) in [5.41, 5.74) is 4.76.